The van der Waals surface area contributed by atoms with E-state index in [1.54, 1.807) is 0 Å². The van der Waals surface area contributed by atoms with Gasteiger partial charge in [0, 0.05) is 5.69 Å². The highest BCUT2D eigenvalue weighted by molar-refractivity contribution is 6.03. The number of anilines is 1. The smallest absolute Gasteiger partial charge is 0.233 e. The molecule has 2 aromatic rings. The van der Waals surface area contributed by atoms with Gasteiger partial charge in [0.05, 0.1) is 12.0 Å². The van der Waals surface area contributed by atoms with Gasteiger partial charge in [-0.15, -0.1) is 0 Å². The molecule has 1 heterocycles. The Morgan fingerprint density at radius 1 is 0.947 bits per heavy atom. The van der Waals surface area contributed by atoms with Crippen LogP contribution in [0, 0.1) is 5.92 Å². The maximum absolute atomic E-state index is 12.3. The minimum atomic E-state index is 0.114. The van der Waals surface area contributed by atoms with Gasteiger partial charge in [0.2, 0.25) is 5.91 Å². The minimum Gasteiger partial charge on any atom is -0.304 e. The number of rotatable bonds is 3. The molecule has 1 aliphatic rings. The summed E-state index contributed by atoms with van der Waals surface area (Å²) in [6, 6.07) is 20.4. The molecule has 2 aromatic carbocycles. The van der Waals surface area contributed by atoms with E-state index in [0.29, 0.717) is 0 Å². The average molecular weight is 251 g/mol. The van der Waals surface area contributed by atoms with Crippen molar-refractivity contribution < 1.29 is 4.79 Å². The normalized spacial score (nSPS) is 22.2. The minimum absolute atomic E-state index is 0.114. The lowest BCUT2D eigenvalue weighted by Gasteiger charge is -2.47. The van der Waals surface area contributed by atoms with Crippen LogP contribution in [0.25, 0.3) is 0 Å². The van der Waals surface area contributed by atoms with Crippen LogP contribution in [0.2, 0.25) is 0 Å². The number of nitrogens with zero attached hydrogens (tertiary/aromatic N) is 1. The van der Waals surface area contributed by atoms with Crippen molar-refractivity contribution in [2.24, 2.45) is 5.92 Å². The zero-order valence-electron chi connectivity index (χ0n) is 11.0. The standard InChI is InChI=1S/C17H17NO/c1-2-15-16(13-9-5-3-6-10-13)18(17(15)19)14-11-7-4-8-12-14/h3-12,15-16H,2H2,1H3/t15-,16-/m0/s1. The Balaban J connectivity index is 1.98. The Kier molecular flexibility index (Phi) is 3.08. The number of hydrogen-bond acceptors (Lipinski definition) is 1. The van der Waals surface area contributed by atoms with Gasteiger partial charge in [0.1, 0.15) is 0 Å². The number of benzene rings is 2. The summed E-state index contributed by atoms with van der Waals surface area (Å²) in [6.07, 6.45) is 0.891. The number of amides is 1. The van der Waals surface area contributed by atoms with Crippen molar-refractivity contribution >= 4 is 11.6 Å². The maximum Gasteiger partial charge on any atom is 0.233 e. The molecule has 0 unspecified atom stereocenters. The molecule has 0 saturated carbocycles. The van der Waals surface area contributed by atoms with Gasteiger partial charge < -0.3 is 4.90 Å². The van der Waals surface area contributed by atoms with E-state index in [1.165, 1.54) is 5.56 Å². The molecule has 3 rings (SSSR count). The van der Waals surface area contributed by atoms with Gasteiger partial charge in [-0.3, -0.25) is 4.79 Å². The average Bonchev–Trinajstić information content (AvgIpc) is 2.47. The van der Waals surface area contributed by atoms with Crippen LogP contribution in [-0.2, 0) is 4.79 Å². The number of hydrogen-bond donors (Lipinski definition) is 0. The first-order valence-corrected chi connectivity index (χ1v) is 6.76. The third-order valence-corrected chi connectivity index (χ3v) is 3.83. The Bertz CT molecular complexity index is 564. The lowest BCUT2D eigenvalue weighted by molar-refractivity contribution is -0.130. The van der Waals surface area contributed by atoms with Crippen molar-refractivity contribution in [2.45, 2.75) is 19.4 Å². The summed E-state index contributed by atoms with van der Waals surface area (Å²) in [7, 11) is 0. The zero-order valence-corrected chi connectivity index (χ0v) is 11.0. The van der Waals surface area contributed by atoms with E-state index in [0.717, 1.165) is 12.1 Å². The number of para-hydroxylation sites is 1. The fourth-order valence-electron chi connectivity index (χ4n) is 2.85. The predicted molar refractivity (Wildman–Crippen MR) is 76.9 cm³/mol. The van der Waals surface area contributed by atoms with Gasteiger partial charge >= 0.3 is 0 Å². The quantitative estimate of drug-likeness (QED) is 0.760. The van der Waals surface area contributed by atoms with Crippen molar-refractivity contribution in [3.63, 3.8) is 0 Å². The molecule has 19 heavy (non-hydrogen) atoms. The Labute approximate surface area is 113 Å². The molecule has 1 fully saturated rings. The molecule has 1 amide bonds. The highest BCUT2D eigenvalue weighted by atomic mass is 16.2. The SMILES string of the molecule is CC[C@@H]1C(=O)N(c2ccccc2)[C@H]1c1ccccc1. The van der Waals surface area contributed by atoms with Crippen molar-refractivity contribution in [1.29, 1.82) is 0 Å². The molecule has 2 heteroatoms. The first kappa shape index (κ1) is 12.0. The van der Waals surface area contributed by atoms with Gasteiger partial charge in [-0.25, -0.2) is 0 Å². The summed E-state index contributed by atoms with van der Waals surface area (Å²) in [5.41, 5.74) is 2.21. The van der Waals surface area contributed by atoms with Gasteiger partial charge in [-0.1, -0.05) is 55.5 Å². The molecule has 2 nitrogen and oxygen atoms in total. The second kappa shape index (κ2) is 4.88. The van der Waals surface area contributed by atoms with Gasteiger partial charge in [0.25, 0.3) is 0 Å². The van der Waals surface area contributed by atoms with Crippen molar-refractivity contribution in [2.75, 3.05) is 4.90 Å². The predicted octanol–water partition coefficient (Wildman–Crippen LogP) is 3.80. The largest absolute Gasteiger partial charge is 0.304 e. The summed E-state index contributed by atoms with van der Waals surface area (Å²) >= 11 is 0. The van der Waals surface area contributed by atoms with Crippen LogP contribution < -0.4 is 4.90 Å². The van der Waals surface area contributed by atoms with Crippen LogP contribution in [0.1, 0.15) is 24.9 Å². The third kappa shape index (κ3) is 1.93. The Morgan fingerprint density at radius 2 is 1.53 bits per heavy atom. The van der Waals surface area contributed by atoms with Crippen LogP contribution >= 0.6 is 0 Å². The second-order valence-corrected chi connectivity index (χ2v) is 4.91. The van der Waals surface area contributed by atoms with E-state index in [9.17, 15) is 4.79 Å². The molecule has 1 saturated heterocycles. The second-order valence-electron chi connectivity index (χ2n) is 4.91. The number of carbonyl (C=O) groups excluding carboxylic acids is 1. The molecule has 0 N–H and O–H groups in total. The molecule has 1 aliphatic heterocycles. The van der Waals surface area contributed by atoms with E-state index < -0.39 is 0 Å². The first-order valence-electron chi connectivity index (χ1n) is 6.76. The first-order chi connectivity index (χ1) is 9.33. The lowest BCUT2D eigenvalue weighted by Crippen LogP contribution is -2.55. The summed E-state index contributed by atoms with van der Waals surface area (Å²) in [6.45, 7) is 2.08. The molecular formula is C17H17NO. The van der Waals surface area contributed by atoms with E-state index in [4.69, 9.17) is 0 Å². The summed E-state index contributed by atoms with van der Waals surface area (Å²) in [5, 5.41) is 0. The van der Waals surface area contributed by atoms with Crippen molar-refractivity contribution in [1.82, 2.24) is 0 Å². The van der Waals surface area contributed by atoms with Crippen LogP contribution in [0.3, 0.4) is 0 Å². The van der Waals surface area contributed by atoms with Crippen LogP contribution in [0.5, 0.6) is 0 Å². The molecule has 0 radical (unpaired) electrons. The molecule has 0 aromatic heterocycles. The highest BCUT2D eigenvalue weighted by Crippen LogP contribution is 2.44. The topological polar surface area (TPSA) is 20.3 Å². The highest BCUT2D eigenvalue weighted by Gasteiger charge is 2.47. The van der Waals surface area contributed by atoms with E-state index in [-0.39, 0.29) is 17.9 Å². The van der Waals surface area contributed by atoms with Crippen LogP contribution in [-0.4, -0.2) is 5.91 Å². The lowest BCUT2D eigenvalue weighted by atomic mass is 9.80. The molecular weight excluding hydrogens is 234 g/mol. The van der Waals surface area contributed by atoms with E-state index in [2.05, 4.69) is 19.1 Å². The van der Waals surface area contributed by atoms with E-state index >= 15 is 0 Å². The van der Waals surface area contributed by atoms with Gasteiger partial charge in [0.15, 0.2) is 0 Å². The maximum atomic E-state index is 12.3. The van der Waals surface area contributed by atoms with Crippen LogP contribution in [0.4, 0.5) is 5.69 Å². The summed E-state index contributed by atoms with van der Waals surface area (Å²) in [4.78, 5) is 14.2. The fourth-order valence-corrected chi connectivity index (χ4v) is 2.85. The van der Waals surface area contributed by atoms with Crippen molar-refractivity contribution in [3.05, 3.63) is 66.2 Å². The van der Waals surface area contributed by atoms with Gasteiger partial charge in [-0.05, 0) is 24.1 Å². The molecule has 0 bridgehead atoms. The van der Waals surface area contributed by atoms with Crippen molar-refractivity contribution in [3.8, 4) is 0 Å². The van der Waals surface area contributed by atoms with Gasteiger partial charge in [-0.2, -0.15) is 0 Å². The Morgan fingerprint density at radius 3 is 2.11 bits per heavy atom. The molecule has 0 spiro atoms. The molecule has 2 atom stereocenters. The number of β-lactam (4-membered cyclic amide) rings is 1. The van der Waals surface area contributed by atoms with Crippen LogP contribution in [0.15, 0.2) is 60.7 Å². The fraction of sp³-hybridized carbons (Fsp3) is 0.235. The summed E-state index contributed by atoms with van der Waals surface area (Å²) in [5.74, 6) is 0.352. The molecule has 96 valence electrons. The Hall–Kier alpha value is -2.09. The number of carbonyl (C=O) groups is 1. The molecule has 0 aliphatic carbocycles. The summed E-state index contributed by atoms with van der Waals surface area (Å²) < 4.78 is 0. The third-order valence-electron chi connectivity index (χ3n) is 3.83. The zero-order chi connectivity index (χ0) is 13.2. The monoisotopic (exact) mass is 251 g/mol. The van der Waals surface area contributed by atoms with E-state index in [1.807, 2.05) is 53.4 Å².